The average molecular weight is 453 g/mol. The third-order valence-electron chi connectivity index (χ3n) is 6.48. The monoisotopic (exact) mass is 452 g/mol. The fourth-order valence-electron chi connectivity index (χ4n) is 4.73. The highest BCUT2D eigenvalue weighted by molar-refractivity contribution is 6.45. The zero-order valence-electron chi connectivity index (χ0n) is 19.6. The van der Waals surface area contributed by atoms with Gasteiger partial charge in [0.2, 0.25) is 0 Å². The largest absolute Gasteiger partial charge is 0.494 e. The molecule has 3 aromatic rings. The summed E-state index contributed by atoms with van der Waals surface area (Å²) in [6, 6.07) is 23.3. The third kappa shape index (κ3) is 3.87. The zero-order valence-corrected chi connectivity index (χ0v) is 19.6. The molecule has 0 aromatic heterocycles. The van der Waals surface area contributed by atoms with E-state index in [0.29, 0.717) is 36.7 Å². The van der Waals surface area contributed by atoms with Gasteiger partial charge >= 0.3 is 0 Å². The van der Waals surface area contributed by atoms with Crippen molar-refractivity contribution in [3.8, 4) is 5.75 Å². The van der Waals surface area contributed by atoms with Crippen molar-refractivity contribution < 1.29 is 14.3 Å². The molecule has 0 fully saturated rings. The molecule has 34 heavy (non-hydrogen) atoms. The number of fused-ring (bicyclic) bond motifs is 1. The Morgan fingerprint density at radius 1 is 0.853 bits per heavy atom. The van der Waals surface area contributed by atoms with Gasteiger partial charge in [-0.1, -0.05) is 61.5 Å². The van der Waals surface area contributed by atoms with Crippen molar-refractivity contribution >= 4 is 23.1 Å². The molecule has 0 saturated heterocycles. The van der Waals surface area contributed by atoms with Gasteiger partial charge in [0.05, 0.1) is 17.9 Å². The Balaban J connectivity index is 1.58. The van der Waals surface area contributed by atoms with E-state index in [1.54, 1.807) is 0 Å². The first-order valence-corrected chi connectivity index (χ1v) is 11.8. The fraction of sp³-hybridized carbons (Fsp3) is 0.241. The van der Waals surface area contributed by atoms with Crippen LogP contribution in [0.25, 0.3) is 5.57 Å². The number of aryl methyl sites for hydroxylation is 1. The van der Waals surface area contributed by atoms with Crippen molar-refractivity contribution in [2.45, 2.75) is 33.2 Å². The van der Waals surface area contributed by atoms with E-state index in [0.717, 1.165) is 29.7 Å². The molecule has 0 saturated carbocycles. The van der Waals surface area contributed by atoms with Gasteiger partial charge in [-0.2, -0.15) is 0 Å². The molecule has 3 aromatic carbocycles. The Bertz CT molecular complexity index is 1280. The number of imide groups is 1. The van der Waals surface area contributed by atoms with Crippen molar-refractivity contribution in [2.24, 2.45) is 0 Å². The van der Waals surface area contributed by atoms with Crippen LogP contribution in [0.2, 0.25) is 0 Å². The van der Waals surface area contributed by atoms with Crippen molar-refractivity contribution in [2.75, 3.05) is 18.1 Å². The first kappa shape index (κ1) is 22.0. The Kier molecular flexibility index (Phi) is 5.93. The number of amides is 2. The van der Waals surface area contributed by atoms with E-state index in [2.05, 4.69) is 24.0 Å². The molecule has 2 aliphatic heterocycles. The lowest BCUT2D eigenvalue weighted by Gasteiger charge is -2.31. The van der Waals surface area contributed by atoms with Gasteiger partial charge < -0.3 is 9.64 Å². The third-order valence-corrected chi connectivity index (χ3v) is 6.48. The second kappa shape index (κ2) is 9.18. The van der Waals surface area contributed by atoms with Crippen LogP contribution in [0.5, 0.6) is 5.75 Å². The maximum atomic E-state index is 13.9. The van der Waals surface area contributed by atoms with Crippen LogP contribution < -0.4 is 9.64 Å². The molecule has 0 spiro atoms. The normalized spacial score (nSPS) is 15.7. The number of anilines is 1. The zero-order chi connectivity index (χ0) is 23.7. The maximum Gasteiger partial charge on any atom is 0.282 e. The van der Waals surface area contributed by atoms with Gasteiger partial charge in [0.25, 0.3) is 11.8 Å². The fourth-order valence-corrected chi connectivity index (χ4v) is 4.73. The number of hydrogen-bond acceptors (Lipinski definition) is 4. The predicted octanol–water partition coefficient (Wildman–Crippen LogP) is 5.13. The summed E-state index contributed by atoms with van der Waals surface area (Å²) < 4.78 is 5.72. The van der Waals surface area contributed by atoms with E-state index in [-0.39, 0.29) is 11.8 Å². The van der Waals surface area contributed by atoms with E-state index < -0.39 is 0 Å². The van der Waals surface area contributed by atoms with Crippen LogP contribution in [0.3, 0.4) is 0 Å². The molecule has 2 heterocycles. The van der Waals surface area contributed by atoms with Crippen LogP contribution in [-0.2, 0) is 22.6 Å². The number of ether oxygens (including phenoxy) is 1. The lowest BCUT2D eigenvalue weighted by Crippen LogP contribution is -2.37. The summed E-state index contributed by atoms with van der Waals surface area (Å²) in [5.41, 5.74) is 5.67. The molecule has 172 valence electrons. The lowest BCUT2D eigenvalue weighted by molar-refractivity contribution is -0.120. The molecule has 0 radical (unpaired) electrons. The van der Waals surface area contributed by atoms with Gasteiger partial charge in [0.1, 0.15) is 11.4 Å². The van der Waals surface area contributed by atoms with Crippen molar-refractivity contribution in [1.29, 1.82) is 0 Å². The van der Waals surface area contributed by atoms with Gasteiger partial charge in [0.15, 0.2) is 0 Å². The van der Waals surface area contributed by atoms with Crippen LogP contribution >= 0.6 is 0 Å². The Labute approximate surface area is 200 Å². The van der Waals surface area contributed by atoms with Crippen LogP contribution in [0, 0.1) is 6.92 Å². The van der Waals surface area contributed by atoms with Crippen molar-refractivity contribution in [3.63, 3.8) is 0 Å². The summed E-state index contributed by atoms with van der Waals surface area (Å²) >= 11 is 0. The number of carbonyl (C=O) groups excluding carboxylic acids is 2. The molecular formula is C29H28N2O3. The summed E-state index contributed by atoms with van der Waals surface area (Å²) in [6.07, 6.45) is 1.76. The molecule has 0 atom stereocenters. The molecule has 0 unspecified atom stereocenters. The standard InChI is InChI=1S/C29H28N2O3/c1-3-18-34-24-14-12-22(13-15-24)26-27(30-17-16-21-9-5-6-10-23(21)19-30)29(33)31(28(26)32)25-11-7-4-8-20(25)2/h4-15H,3,16-19H2,1-2H3. The number of nitrogens with zero attached hydrogens (tertiary/aromatic N) is 2. The van der Waals surface area contributed by atoms with Gasteiger partial charge in [-0.15, -0.1) is 0 Å². The molecule has 0 bridgehead atoms. The summed E-state index contributed by atoms with van der Waals surface area (Å²) in [4.78, 5) is 31.1. The van der Waals surface area contributed by atoms with E-state index >= 15 is 0 Å². The van der Waals surface area contributed by atoms with Gasteiger partial charge in [-0.25, -0.2) is 4.90 Å². The van der Waals surface area contributed by atoms with Crippen LogP contribution in [0.4, 0.5) is 5.69 Å². The molecule has 2 aliphatic rings. The molecule has 0 aliphatic carbocycles. The second-order valence-electron chi connectivity index (χ2n) is 8.77. The summed E-state index contributed by atoms with van der Waals surface area (Å²) in [5, 5.41) is 0. The number of hydrogen-bond donors (Lipinski definition) is 0. The summed E-state index contributed by atoms with van der Waals surface area (Å²) in [7, 11) is 0. The minimum Gasteiger partial charge on any atom is -0.494 e. The first-order chi connectivity index (χ1) is 16.6. The molecular weight excluding hydrogens is 424 g/mol. The number of para-hydroxylation sites is 1. The molecule has 2 amide bonds. The minimum atomic E-state index is -0.282. The summed E-state index contributed by atoms with van der Waals surface area (Å²) in [5.74, 6) is 0.211. The van der Waals surface area contributed by atoms with E-state index in [1.165, 1.54) is 16.0 Å². The highest BCUT2D eigenvalue weighted by Gasteiger charge is 2.43. The smallest absolute Gasteiger partial charge is 0.282 e. The predicted molar refractivity (Wildman–Crippen MR) is 133 cm³/mol. The first-order valence-electron chi connectivity index (χ1n) is 11.8. The molecule has 5 nitrogen and oxygen atoms in total. The highest BCUT2D eigenvalue weighted by Crippen LogP contribution is 2.38. The van der Waals surface area contributed by atoms with Crippen LogP contribution in [-0.4, -0.2) is 29.9 Å². The Morgan fingerprint density at radius 2 is 1.56 bits per heavy atom. The lowest BCUT2D eigenvalue weighted by atomic mass is 9.98. The quantitative estimate of drug-likeness (QED) is 0.487. The molecule has 5 heteroatoms. The average Bonchev–Trinajstić information content (AvgIpc) is 3.13. The maximum absolute atomic E-state index is 13.9. The van der Waals surface area contributed by atoms with E-state index in [4.69, 9.17) is 4.74 Å². The van der Waals surface area contributed by atoms with Crippen LogP contribution in [0.1, 0.15) is 35.6 Å². The second-order valence-corrected chi connectivity index (χ2v) is 8.77. The van der Waals surface area contributed by atoms with E-state index in [1.807, 2.05) is 67.6 Å². The van der Waals surface area contributed by atoms with Gasteiger partial charge in [-0.3, -0.25) is 9.59 Å². The van der Waals surface area contributed by atoms with Gasteiger partial charge in [-0.05, 0) is 60.2 Å². The molecule has 0 N–H and O–H groups in total. The van der Waals surface area contributed by atoms with Gasteiger partial charge in [0, 0.05) is 13.1 Å². The SMILES string of the molecule is CCCOc1ccc(C2=C(N3CCc4ccccc4C3)C(=O)N(c3ccccc3C)C2=O)cc1. The number of carbonyl (C=O) groups is 2. The van der Waals surface area contributed by atoms with Crippen molar-refractivity contribution in [1.82, 2.24) is 4.90 Å². The highest BCUT2D eigenvalue weighted by atomic mass is 16.5. The Morgan fingerprint density at radius 3 is 2.29 bits per heavy atom. The van der Waals surface area contributed by atoms with Crippen molar-refractivity contribution in [3.05, 3.63) is 101 Å². The van der Waals surface area contributed by atoms with E-state index in [9.17, 15) is 9.59 Å². The number of benzene rings is 3. The Hall–Kier alpha value is -3.86. The minimum absolute atomic E-state index is 0.264. The number of rotatable bonds is 6. The topological polar surface area (TPSA) is 49.9 Å². The molecule has 5 rings (SSSR count). The van der Waals surface area contributed by atoms with Crippen LogP contribution in [0.15, 0.2) is 78.5 Å². The summed E-state index contributed by atoms with van der Waals surface area (Å²) in [6.45, 7) is 5.91.